The van der Waals surface area contributed by atoms with E-state index in [9.17, 15) is 36.3 Å². The molecule has 12 heteroatoms. The van der Waals surface area contributed by atoms with Crippen molar-refractivity contribution in [1.29, 1.82) is 0 Å². The third-order valence-corrected chi connectivity index (χ3v) is 10.3. The number of ether oxygens (including phenoxy) is 2. The van der Waals surface area contributed by atoms with Gasteiger partial charge in [-0.05, 0) is 45.4 Å². The average Bonchev–Trinajstić information content (AvgIpc) is 3.56. The van der Waals surface area contributed by atoms with Gasteiger partial charge in [-0.1, -0.05) is 140 Å². The first-order valence-corrected chi connectivity index (χ1v) is 17.8. The predicted octanol–water partition coefficient (Wildman–Crippen LogP) is 8.72. The molecule has 0 saturated carbocycles. The molecule has 7 nitrogen and oxygen atoms in total. The zero-order valence-corrected chi connectivity index (χ0v) is 29.9. The van der Waals surface area contributed by atoms with Gasteiger partial charge in [0.2, 0.25) is 40.7 Å². The Bertz CT molecular complexity index is 2280. The van der Waals surface area contributed by atoms with Crippen LogP contribution < -0.4 is 15.8 Å². The Hall–Kier alpha value is -6.82. The maximum absolute atomic E-state index is 14.9. The Morgan fingerprint density at radius 3 is 1.44 bits per heavy atom. The van der Waals surface area contributed by atoms with Crippen LogP contribution in [0.15, 0.2) is 140 Å². The van der Waals surface area contributed by atoms with Crippen molar-refractivity contribution in [1.82, 2.24) is 5.32 Å². The van der Waals surface area contributed by atoms with E-state index in [1.54, 1.807) is 91.0 Å². The third kappa shape index (κ3) is 7.10. The fraction of sp³-hybridized carbons (Fsp3) is 0.133. The van der Waals surface area contributed by atoms with Gasteiger partial charge in [0.15, 0.2) is 0 Å². The van der Waals surface area contributed by atoms with Gasteiger partial charge < -0.3 is 20.5 Å². The number of alkyl carbamates (subject to hydrolysis) is 1. The van der Waals surface area contributed by atoms with Crippen LogP contribution in [0.3, 0.4) is 0 Å². The highest BCUT2D eigenvalue weighted by atomic mass is 19.2. The van der Waals surface area contributed by atoms with Crippen LogP contribution in [0.1, 0.15) is 40.2 Å². The first kappa shape index (κ1) is 38.5. The minimum Gasteiger partial charge on any atom is -0.449 e. The summed E-state index contributed by atoms with van der Waals surface area (Å²) in [4.78, 5) is 41.6. The van der Waals surface area contributed by atoms with Crippen molar-refractivity contribution < 1.29 is 45.8 Å². The summed E-state index contributed by atoms with van der Waals surface area (Å²) in [5.41, 5.74) is 9.98. The Balaban J connectivity index is 1.30. The van der Waals surface area contributed by atoms with Gasteiger partial charge in [0.25, 0.3) is 0 Å². The number of carbonyl (C=O) groups excluding carboxylic acids is 3. The molecular weight excluding hydrogens is 743 g/mol. The van der Waals surface area contributed by atoms with Crippen LogP contribution in [0.5, 0.6) is 5.75 Å². The molecule has 0 aromatic heterocycles. The molecule has 0 bridgehead atoms. The molecule has 3 N–H and O–H groups in total. The van der Waals surface area contributed by atoms with Crippen LogP contribution in [0.2, 0.25) is 0 Å². The Morgan fingerprint density at radius 1 is 0.596 bits per heavy atom. The third-order valence-electron chi connectivity index (χ3n) is 10.3. The second kappa shape index (κ2) is 16.1. The monoisotopic (exact) mass is 776 g/mol. The van der Waals surface area contributed by atoms with Crippen molar-refractivity contribution in [3.63, 3.8) is 0 Å². The lowest BCUT2D eigenvalue weighted by molar-refractivity contribution is -0.138. The minimum absolute atomic E-state index is 0.222. The molecule has 6 aromatic rings. The standard InChI is InChI=1S/C45H33F5N2O5/c46-36-37(47)39(49)41(40(50)38(36)48)57-43(54)35(52-44(55)56-25-33-31-22-12-10-20-29(31)30-21-11-13-23-32(30)33)24-34(42(51)53)45(26-14-4-1-5-15-26,27-16-6-2-7-17-27)28-18-8-3-9-19-28/h1-23,33-35H,24-25H2,(H2,51,53)(H,52,55)/t34?,35-/m0/s1. The first-order valence-electron chi connectivity index (χ1n) is 17.8. The summed E-state index contributed by atoms with van der Waals surface area (Å²) < 4.78 is 82.8. The number of benzene rings is 6. The van der Waals surface area contributed by atoms with E-state index < -0.39 is 82.5 Å². The summed E-state index contributed by atoms with van der Waals surface area (Å²) in [5, 5.41) is 2.35. The van der Waals surface area contributed by atoms with E-state index in [-0.39, 0.29) is 6.61 Å². The number of hydrogen-bond donors (Lipinski definition) is 2. The lowest BCUT2D eigenvalue weighted by Crippen LogP contribution is -2.51. The highest BCUT2D eigenvalue weighted by Crippen LogP contribution is 2.48. The Labute approximate surface area is 323 Å². The van der Waals surface area contributed by atoms with Gasteiger partial charge in [-0.25, -0.2) is 22.8 Å². The highest BCUT2D eigenvalue weighted by molar-refractivity contribution is 5.86. The van der Waals surface area contributed by atoms with E-state index in [1.807, 2.05) is 48.5 Å². The predicted molar refractivity (Wildman–Crippen MR) is 200 cm³/mol. The fourth-order valence-electron chi connectivity index (χ4n) is 7.79. The zero-order chi connectivity index (χ0) is 40.3. The topological polar surface area (TPSA) is 108 Å². The van der Waals surface area contributed by atoms with Crippen LogP contribution in [0, 0.1) is 35.0 Å². The van der Waals surface area contributed by atoms with Crippen LogP contribution in [-0.2, 0) is 19.7 Å². The Kier molecular flexibility index (Phi) is 10.9. The Morgan fingerprint density at radius 2 is 1.00 bits per heavy atom. The van der Waals surface area contributed by atoms with Crippen molar-refractivity contribution >= 4 is 18.0 Å². The lowest BCUT2D eigenvalue weighted by Gasteiger charge is -2.42. The number of nitrogens with two attached hydrogens (primary N) is 1. The summed E-state index contributed by atoms with van der Waals surface area (Å²) in [6.45, 7) is -0.222. The second-order valence-corrected chi connectivity index (χ2v) is 13.4. The zero-order valence-electron chi connectivity index (χ0n) is 29.9. The number of amides is 2. The maximum atomic E-state index is 14.9. The van der Waals surface area contributed by atoms with E-state index in [2.05, 4.69) is 5.32 Å². The summed E-state index contributed by atoms with van der Waals surface area (Å²) in [6, 6.07) is 39.2. The molecule has 0 aliphatic heterocycles. The van der Waals surface area contributed by atoms with Gasteiger partial charge in [0.05, 0.1) is 11.3 Å². The molecule has 0 fully saturated rings. The molecule has 0 saturated heterocycles. The van der Waals surface area contributed by atoms with Crippen LogP contribution >= 0.6 is 0 Å². The average molecular weight is 777 g/mol. The largest absolute Gasteiger partial charge is 0.449 e. The second-order valence-electron chi connectivity index (χ2n) is 13.4. The molecule has 6 aromatic carbocycles. The SMILES string of the molecule is NC(=O)C(C[C@H](NC(=O)OCC1c2ccccc2-c2ccccc21)C(=O)Oc1c(F)c(F)c(F)c(F)c1F)C(c1ccccc1)(c1ccccc1)c1ccccc1. The van der Waals surface area contributed by atoms with E-state index in [4.69, 9.17) is 15.2 Å². The summed E-state index contributed by atoms with van der Waals surface area (Å²) >= 11 is 0. The minimum atomic E-state index is -2.47. The molecule has 2 atom stereocenters. The molecule has 1 aliphatic rings. The van der Waals surface area contributed by atoms with Crippen LogP contribution in [0.4, 0.5) is 26.7 Å². The molecule has 7 rings (SSSR count). The molecule has 57 heavy (non-hydrogen) atoms. The number of hydrogen-bond acceptors (Lipinski definition) is 5. The van der Waals surface area contributed by atoms with Gasteiger partial charge in [-0.2, -0.15) is 8.78 Å². The summed E-state index contributed by atoms with van der Waals surface area (Å²) in [6.07, 6.45) is -1.91. The number of rotatable bonds is 12. The molecule has 0 heterocycles. The highest BCUT2D eigenvalue weighted by Gasteiger charge is 2.49. The molecule has 1 aliphatic carbocycles. The van der Waals surface area contributed by atoms with Crippen molar-refractivity contribution in [2.75, 3.05) is 6.61 Å². The molecule has 0 spiro atoms. The van der Waals surface area contributed by atoms with Gasteiger partial charge in [0, 0.05) is 5.92 Å². The number of fused-ring (bicyclic) bond motifs is 3. The number of halogens is 5. The van der Waals surface area contributed by atoms with E-state index in [0.29, 0.717) is 16.7 Å². The van der Waals surface area contributed by atoms with Crippen molar-refractivity contribution in [2.45, 2.75) is 23.8 Å². The molecule has 288 valence electrons. The summed E-state index contributed by atoms with van der Waals surface area (Å²) in [7, 11) is 0. The van der Waals surface area contributed by atoms with Gasteiger partial charge in [0.1, 0.15) is 12.6 Å². The summed E-state index contributed by atoms with van der Waals surface area (Å²) in [5.74, 6) is -18.4. The number of primary amides is 1. The lowest BCUT2D eigenvalue weighted by atomic mass is 9.60. The van der Waals surface area contributed by atoms with Crippen molar-refractivity contribution in [3.05, 3.63) is 196 Å². The van der Waals surface area contributed by atoms with Crippen LogP contribution in [0.25, 0.3) is 11.1 Å². The van der Waals surface area contributed by atoms with Crippen molar-refractivity contribution in [2.24, 2.45) is 11.7 Å². The maximum Gasteiger partial charge on any atom is 0.407 e. The normalized spacial score (nSPS) is 13.2. The van der Waals surface area contributed by atoms with Gasteiger partial charge >= 0.3 is 12.1 Å². The smallest absolute Gasteiger partial charge is 0.407 e. The van der Waals surface area contributed by atoms with E-state index in [1.165, 1.54) is 0 Å². The fourth-order valence-corrected chi connectivity index (χ4v) is 7.79. The first-order chi connectivity index (χ1) is 27.5. The molecular formula is C45H33F5N2O5. The van der Waals surface area contributed by atoms with E-state index >= 15 is 0 Å². The van der Waals surface area contributed by atoms with Gasteiger partial charge in [-0.15, -0.1) is 0 Å². The number of nitrogens with one attached hydrogen (secondary N) is 1. The number of esters is 1. The van der Waals surface area contributed by atoms with Crippen molar-refractivity contribution in [3.8, 4) is 16.9 Å². The molecule has 2 amide bonds. The quantitative estimate of drug-likeness (QED) is 0.0323. The number of carbonyl (C=O) groups is 3. The molecule has 1 unspecified atom stereocenters. The van der Waals surface area contributed by atoms with Crippen LogP contribution in [-0.4, -0.2) is 30.6 Å². The van der Waals surface area contributed by atoms with E-state index in [0.717, 1.165) is 22.3 Å². The molecule has 0 radical (unpaired) electrons. The van der Waals surface area contributed by atoms with Gasteiger partial charge in [-0.3, -0.25) is 4.79 Å².